The first kappa shape index (κ1) is 21.6. The van der Waals surface area contributed by atoms with Crippen LogP contribution in [0.3, 0.4) is 0 Å². The van der Waals surface area contributed by atoms with E-state index in [0.717, 1.165) is 74.7 Å². The predicted octanol–water partition coefficient (Wildman–Crippen LogP) is 2.98. The van der Waals surface area contributed by atoms with E-state index in [1.807, 2.05) is 12.1 Å². The van der Waals surface area contributed by atoms with Gasteiger partial charge in [0.15, 0.2) is 11.5 Å². The zero-order chi connectivity index (χ0) is 21.6. The number of aromatic nitrogens is 1. The molecule has 2 saturated heterocycles. The highest BCUT2D eigenvalue weighted by molar-refractivity contribution is 5.91. The van der Waals surface area contributed by atoms with Crippen LogP contribution in [0.15, 0.2) is 28.8 Å². The third-order valence-electron chi connectivity index (χ3n) is 6.13. The lowest BCUT2D eigenvalue weighted by Gasteiger charge is -2.31. The number of carbonyl (C=O) groups is 1. The quantitative estimate of drug-likeness (QED) is 0.724. The molecule has 0 aliphatic carbocycles. The Morgan fingerprint density at radius 2 is 2.06 bits per heavy atom. The fourth-order valence-corrected chi connectivity index (χ4v) is 4.41. The smallest absolute Gasteiger partial charge is 0.290 e. The Kier molecular flexibility index (Phi) is 7.09. The molecule has 2 aromatic rings. The summed E-state index contributed by atoms with van der Waals surface area (Å²) in [6, 6.07) is 7.82. The van der Waals surface area contributed by atoms with Crippen molar-refractivity contribution in [2.45, 2.75) is 44.2 Å². The van der Waals surface area contributed by atoms with Gasteiger partial charge >= 0.3 is 0 Å². The molecule has 0 spiro atoms. The summed E-state index contributed by atoms with van der Waals surface area (Å²) in [5.74, 6) is 1.92. The molecule has 1 aromatic heterocycles. The Balaban J connectivity index is 1.31. The zero-order valence-corrected chi connectivity index (χ0v) is 18.3. The SMILES string of the molecule is COc1cccc(CN2CCC(c3cc(C(=O)NC4CCCOC4)on3)CC2)c1OC. The number of ether oxygens (including phenoxy) is 3. The van der Waals surface area contributed by atoms with E-state index in [1.165, 1.54) is 0 Å². The van der Waals surface area contributed by atoms with Crippen LogP contribution >= 0.6 is 0 Å². The average Bonchev–Trinajstić information content (AvgIpc) is 3.30. The topological polar surface area (TPSA) is 86.1 Å². The number of likely N-dealkylation sites (tertiary alicyclic amines) is 1. The molecule has 8 heteroatoms. The summed E-state index contributed by atoms with van der Waals surface area (Å²) in [6.45, 7) is 4.02. The molecule has 1 amide bonds. The highest BCUT2D eigenvalue weighted by Crippen LogP contribution is 2.33. The van der Waals surface area contributed by atoms with Crippen molar-refractivity contribution < 1.29 is 23.5 Å². The summed E-state index contributed by atoms with van der Waals surface area (Å²) < 4.78 is 21.7. The molecular formula is C23H31N3O5. The molecule has 0 radical (unpaired) electrons. The molecule has 0 saturated carbocycles. The molecule has 8 nitrogen and oxygen atoms in total. The van der Waals surface area contributed by atoms with Crippen molar-refractivity contribution in [2.24, 2.45) is 0 Å². The molecule has 2 aliphatic rings. The van der Waals surface area contributed by atoms with Crippen molar-refractivity contribution in [3.63, 3.8) is 0 Å². The van der Waals surface area contributed by atoms with Crippen LogP contribution in [0.5, 0.6) is 11.5 Å². The largest absolute Gasteiger partial charge is 0.493 e. The number of benzene rings is 1. The number of hydrogen-bond acceptors (Lipinski definition) is 7. The summed E-state index contributed by atoms with van der Waals surface area (Å²) in [5, 5.41) is 7.17. The molecule has 31 heavy (non-hydrogen) atoms. The van der Waals surface area contributed by atoms with Crippen LogP contribution in [-0.4, -0.2) is 62.5 Å². The van der Waals surface area contributed by atoms with Crippen molar-refractivity contribution in [1.82, 2.24) is 15.4 Å². The van der Waals surface area contributed by atoms with Crippen LogP contribution in [0.2, 0.25) is 0 Å². The van der Waals surface area contributed by atoms with Gasteiger partial charge in [-0.1, -0.05) is 17.3 Å². The molecule has 1 aromatic carbocycles. The number of amides is 1. The van der Waals surface area contributed by atoms with Crippen molar-refractivity contribution >= 4 is 5.91 Å². The molecule has 1 N–H and O–H groups in total. The summed E-state index contributed by atoms with van der Waals surface area (Å²) in [5.41, 5.74) is 1.98. The van der Waals surface area contributed by atoms with Gasteiger partial charge < -0.3 is 24.1 Å². The summed E-state index contributed by atoms with van der Waals surface area (Å²) in [6.07, 6.45) is 3.84. The first-order valence-corrected chi connectivity index (χ1v) is 11.0. The molecule has 3 heterocycles. The van der Waals surface area contributed by atoms with Gasteiger partial charge in [0.2, 0.25) is 5.76 Å². The Hall–Kier alpha value is -2.58. The zero-order valence-electron chi connectivity index (χ0n) is 18.3. The Morgan fingerprint density at radius 3 is 2.77 bits per heavy atom. The van der Waals surface area contributed by atoms with E-state index in [2.05, 4.69) is 21.4 Å². The number of piperidine rings is 1. The van der Waals surface area contributed by atoms with Crippen LogP contribution in [0.1, 0.15) is 53.4 Å². The predicted molar refractivity (Wildman–Crippen MR) is 115 cm³/mol. The second-order valence-electron chi connectivity index (χ2n) is 8.21. The number of hydrogen-bond donors (Lipinski definition) is 1. The van der Waals surface area contributed by atoms with Crippen molar-refractivity contribution in [3.05, 3.63) is 41.3 Å². The number of carbonyl (C=O) groups excluding carboxylic acids is 1. The maximum atomic E-state index is 12.4. The lowest BCUT2D eigenvalue weighted by molar-refractivity contribution is 0.0608. The molecule has 0 bridgehead atoms. The molecule has 2 fully saturated rings. The van der Waals surface area contributed by atoms with E-state index in [0.29, 0.717) is 12.5 Å². The van der Waals surface area contributed by atoms with Gasteiger partial charge in [-0.15, -0.1) is 0 Å². The molecule has 4 rings (SSSR count). The van der Waals surface area contributed by atoms with Crippen molar-refractivity contribution in [3.8, 4) is 11.5 Å². The summed E-state index contributed by atoms with van der Waals surface area (Å²) >= 11 is 0. The van der Waals surface area contributed by atoms with Crippen LogP contribution in [0.25, 0.3) is 0 Å². The number of nitrogens with zero attached hydrogens (tertiary/aromatic N) is 2. The number of nitrogens with one attached hydrogen (secondary N) is 1. The third-order valence-corrected chi connectivity index (χ3v) is 6.13. The monoisotopic (exact) mass is 429 g/mol. The molecule has 168 valence electrons. The normalized spacial score (nSPS) is 20.4. The highest BCUT2D eigenvalue weighted by atomic mass is 16.5. The van der Waals surface area contributed by atoms with E-state index in [-0.39, 0.29) is 17.7 Å². The number of para-hydroxylation sites is 1. The van der Waals surface area contributed by atoms with Gasteiger partial charge in [-0.05, 0) is 44.8 Å². The Labute approximate surface area is 182 Å². The second kappa shape index (κ2) is 10.2. The van der Waals surface area contributed by atoms with Crippen molar-refractivity contribution in [2.75, 3.05) is 40.5 Å². The Morgan fingerprint density at radius 1 is 1.23 bits per heavy atom. The lowest BCUT2D eigenvalue weighted by Crippen LogP contribution is -2.40. The third kappa shape index (κ3) is 5.19. The second-order valence-corrected chi connectivity index (χ2v) is 8.21. The van der Waals surface area contributed by atoms with Gasteiger partial charge in [0, 0.05) is 30.7 Å². The van der Waals surface area contributed by atoms with Gasteiger partial charge in [0.05, 0.1) is 32.6 Å². The van der Waals surface area contributed by atoms with E-state index in [9.17, 15) is 4.79 Å². The lowest BCUT2D eigenvalue weighted by atomic mass is 9.93. The van der Waals surface area contributed by atoms with Crippen LogP contribution in [0, 0.1) is 0 Å². The first-order chi connectivity index (χ1) is 15.2. The first-order valence-electron chi connectivity index (χ1n) is 11.0. The van der Waals surface area contributed by atoms with Gasteiger partial charge in [-0.2, -0.15) is 0 Å². The number of methoxy groups -OCH3 is 2. The summed E-state index contributed by atoms with van der Waals surface area (Å²) in [4.78, 5) is 14.9. The maximum absolute atomic E-state index is 12.4. The molecule has 1 unspecified atom stereocenters. The van der Waals surface area contributed by atoms with Gasteiger partial charge in [0.1, 0.15) is 0 Å². The van der Waals surface area contributed by atoms with Gasteiger partial charge in [-0.3, -0.25) is 9.69 Å². The minimum atomic E-state index is -0.211. The van der Waals surface area contributed by atoms with Gasteiger partial charge in [0.25, 0.3) is 5.91 Å². The minimum absolute atomic E-state index is 0.0478. The van der Waals surface area contributed by atoms with Crippen LogP contribution in [-0.2, 0) is 11.3 Å². The standard InChI is InChI=1S/C23H31N3O5/c1-28-20-7-3-5-17(22(20)29-2)14-26-10-8-16(9-11-26)19-13-21(31-25-19)23(27)24-18-6-4-12-30-15-18/h3,5,7,13,16,18H,4,6,8-12,14-15H2,1-2H3,(H,24,27). The fraction of sp³-hybridized carbons (Fsp3) is 0.565. The molecule has 2 aliphatic heterocycles. The minimum Gasteiger partial charge on any atom is -0.493 e. The maximum Gasteiger partial charge on any atom is 0.290 e. The summed E-state index contributed by atoms with van der Waals surface area (Å²) in [7, 11) is 3.33. The average molecular weight is 430 g/mol. The van der Waals surface area contributed by atoms with E-state index in [1.54, 1.807) is 20.3 Å². The van der Waals surface area contributed by atoms with Crippen molar-refractivity contribution in [1.29, 1.82) is 0 Å². The van der Waals surface area contributed by atoms with E-state index in [4.69, 9.17) is 18.7 Å². The van der Waals surface area contributed by atoms with Crippen LogP contribution in [0.4, 0.5) is 0 Å². The highest BCUT2D eigenvalue weighted by Gasteiger charge is 2.26. The van der Waals surface area contributed by atoms with E-state index < -0.39 is 0 Å². The number of rotatable bonds is 7. The fourth-order valence-electron chi connectivity index (χ4n) is 4.41. The van der Waals surface area contributed by atoms with Crippen LogP contribution < -0.4 is 14.8 Å². The van der Waals surface area contributed by atoms with E-state index >= 15 is 0 Å². The Bertz CT molecular complexity index is 870. The molecular weight excluding hydrogens is 398 g/mol. The van der Waals surface area contributed by atoms with Gasteiger partial charge in [-0.25, -0.2) is 0 Å². The molecule has 1 atom stereocenters.